The first-order chi connectivity index (χ1) is 2.91. The van der Waals surface area contributed by atoms with E-state index in [-0.39, 0.29) is 0 Å². The van der Waals surface area contributed by atoms with E-state index in [4.69, 9.17) is 6.42 Å². The molecule has 0 aromatic carbocycles. The molecule has 0 amide bonds. The first-order valence-corrected chi connectivity index (χ1v) is 2.98. The average Bonchev–Trinajstić information content (AvgIpc) is 1.61. The Morgan fingerprint density at radius 3 is 2.83 bits per heavy atom. The van der Waals surface area contributed by atoms with Crippen LogP contribution in [0.25, 0.3) is 0 Å². The van der Waals surface area contributed by atoms with E-state index in [1.165, 1.54) is 0 Å². The van der Waals surface area contributed by atoms with Crippen LogP contribution in [-0.4, -0.2) is 6.26 Å². The Morgan fingerprint density at radius 2 is 2.67 bits per heavy atom. The highest BCUT2D eigenvalue weighted by atomic mass is 32.2. The van der Waals surface area contributed by atoms with Crippen LogP contribution < -0.4 is 0 Å². The van der Waals surface area contributed by atoms with Crippen molar-refractivity contribution in [1.82, 2.24) is 0 Å². The van der Waals surface area contributed by atoms with Crippen LogP contribution in [0.3, 0.4) is 0 Å². The van der Waals surface area contributed by atoms with E-state index >= 15 is 0 Å². The molecule has 0 unspecified atom stereocenters. The summed E-state index contributed by atoms with van der Waals surface area (Å²) < 4.78 is 0. The molecule has 0 fully saturated rings. The minimum Gasteiger partial charge on any atom is -0.160 e. The van der Waals surface area contributed by atoms with E-state index in [1.807, 2.05) is 12.0 Å². The Labute approximate surface area is 43.3 Å². The molecule has 0 bridgehead atoms. The highest BCUT2D eigenvalue weighted by Crippen LogP contribution is 1.99. The van der Waals surface area contributed by atoms with Crippen LogP contribution in [-0.2, 0) is 0 Å². The van der Waals surface area contributed by atoms with Crippen molar-refractivity contribution in [2.45, 2.75) is 6.42 Å². The summed E-state index contributed by atoms with van der Waals surface area (Å²) in [4.78, 5) is 0. The van der Waals surface area contributed by atoms with E-state index in [9.17, 15) is 0 Å². The Kier molecular flexibility index (Phi) is 4.84. The summed E-state index contributed by atoms with van der Waals surface area (Å²) in [6.07, 6.45) is 7.70. The summed E-state index contributed by atoms with van der Waals surface area (Å²) >= 11 is 1.66. The van der Waals surface area contributed by atoms with Gasteiger partial charge in [0.25, 0.3) is 0 Å². The molecule has 0 saturated heterocycles. The lowest BCUT2D eigenvalue weighted by atomic mass is 10.5. The summed E-state index contributed by atoms with van der Waals surface area (Å²) in [6, 6.07) is 0. The predicted molar refractivity (Wildman–Crippen MR) is 31.3 cm³/mol. The van der Waals surface area contributed by atoms with Crippen molar-refractivity contribution in [3.8, 4) is 12.3 Å². The number of rotatable bonds is 2. The van der Waals surface area contributed by atoms with Gasteiger partial charge in [-0.3, -0.25) is 0 Å². The molecule has 1 heteroatoms. The van der Waals surface area contributed by atoms with Crippen LogP contribution >= 0.6 is 11.8 Å². The number of thioether (sulfide) groups is 1. The van der Waals surface area contributed by atoms with Crippen molar-refractivity contribution in [2.75, 3.05) is 6.26 Å². The largest absolute Gasteiger partial charge is 0.160 e. The standard InChI is InChI=1S/C5H7S/c1-3-4-5-6-2/h1,5H,4H2,2H3. The van der Waals surface area contributed by atoms with Crippen LogP contribution in [0.5, 0.6) is 0 Å². The van der Waals surface area contributed by atoms with Gasteiger partial charge in [-0.25, -0.2) is 0 Å². The maximum Gasteiger partial charge on any atom is 0.0282 e. The van der Waals surface area contributed by atoms with Crippen molar-refractivity contribution in [3.05, 3.63) is 5.75 Å². The second kappa shape index (κ2) is 4.91. The lowest BCUT2D eigenvalue weighted by Gasteiger charge is -1.79. The van der Waals surface area contributed by atoms with E-state index < -0.39 is 0 Å². The van der Waals surface area contributed by atoms with Gasteiger partial charge in [-0.2, -0.15) is 11.8 Å². The van der Waals surface area contributed by atoms with Crippen LogP contribution in [0.2, 0.25) is 0 Å². The maximum absolute atomic E-state index is 4.92. The second-order valence-electron chi connectivity index (χ2n) is 0.811. The lowest BCUT2D eigenvalue weighted by Crippen LogP contribution is -1.58. The van der Waals surface area contributed by atoms with Crippen molar-refractivity contribution in [1.29, 1.82) is 0 Å². The molecule has 1 radical (unpaired) electrons. The smallest absolute Gasteiger partial charge is 0.0282 e. The van der Waals surface area contributed by atoms with Gasteiger partial charge in [0.05, 0.1) is 0 Å². The minimum atomic E-state index is 0.779. The summed E-state index contributed by atoms with van der Waals surface area (Å²) in [6.45, 7) is 0. The molecule has 0 spiro atoms. The lowest BCUT2D eigenvalue weighted by molar-refractivity contribution is 1.45. The van der Waals surface area contributed by atoms with Gasteiger partial charge >= 0.3 is 0 Å². The van der Waals surface area contributed by atoms with E-state index in [2.05, 4.69) is 5.92 Å². The molecule has 0 heterocycles. The van der Waals surface area contributed by atoms with Crippen LogP contribution in [0.15, 0.2) is 0 Å². The van der Waals surface area contributed by atoms with E-state index in [1.54, 1.807) is 11.8 Å². The SMILES string of the molecule is C#CC[CH]SC. The van der Waals surface area contributed by atoms with Gasteiger partial charge in [-0.1, -0.05) is 0 Å². The molecule has 0 rings (SSSR count). The molecule has 0 N–H and O–H groups in total. The Bertz CT molecular complexity index is 51.4. The molecule has 0 aromatic rings. The first-order valence-electron chi connectivity index (χ1n) is 1.69. The monoisotopic (exact) mass is 99.0 g/mol. The maximum atomic E-state index is 4.92. The quantitative estimate of drug-likeness (QED) is 0.374. The minimum absolute atomic E-state index is 0.779. The second-order valence-corrected chi connectivity index (χ2v) is 1.62. The van der Waals surface area contributed by atoms with Crippen molar-refractivity contribution in [3.63, 3.8) is 0 Å². The third kappa shape index (κ3) is 3.91. The summed E-state index contributed by atoms with van der Waals surface area (Å²) in [7, 11) is 0. The third-order valence-electron chi connectivity index (χ3n) is 0.368. The molecule has 33 valence electrons. The molecule has 0 aliphatic rings. The summed E-state index contributed by atoms with van der Waals surface area (Å²) in [5.74, 6) is 4.48. The zero-order valence-corrected chi connectivity index (χ0v) is 4.59. The van der Waals surface area contributed by atoms with E-state index in [0.717, 1.165) is 6.42 Å². The highest BCUT2D eigenvalue weighted by Gasteiger charge is 1.72. The molecule has 0 aliphatic carbocycles. The fourth-order valence-corrected chi connectivity index (χ4v) is 0.394. The van der Waals surface area contributed by atoms with Gasteiger partial charge in [0.1, 0.15) is 0 Å². The van der Waals surface area contributed by atoms with Crippen molar-refractivity contribution < 1.29 is 0 Å². The zero-order chi connectivity index (χ0) is 4.83. The van der Waals surface area contributed by atoms with Gasteiger partial charge in [0.15, 0.2) is 0 Å². The molecular weight excluding hydrogens is 92.1 g/mol. The molecule has 6 heavy (non-hydrogen) atoms. The highest BCUT2D eigenvalue weighted by molar-refractivity contribution is 8.00. The van der Waals surface area contributed by atoms with Crippen LogP contribution in [0, 0.1) is 18.1 Å². The van der Waals surface area contributed by atoms with Gasteiger partial charge in [-0.05, 0) is 6.26 Å². The van der Waals surface area contributed by atoms with Crippen molar-refractivity contribution in [2.24, 2.45) is 0 Å². The van der Waals surface area contributed by atoms with Gasteiger partial charge < -0.3 is 0 Å². The normalized spacial score (nSPS) is 7.33. The fraction of sp³-hybridized carbons (Fsp3) is 0.400. The fourth-order valence-electron chi connectivity index (χ4n) is 0.131. The molecular formula is C5H7S. The summed E-state index contributed by atoms with van der Waals surface area (Å²) in [5, 5.41) is 0. The molecule has 0 saturated carbocycles. The predicted octanol–water partition coefficient (Wildman–Crippen LogP) is 1.53. The molecule has 0 aliphatic heterocycles. The first kappa shape index (κ1) is 5.91. The molecule has 0 atom stereocenters. The van der Waals surface area contributed by atoms with Crippen LogP contribution in [0.4, 0.5) is 0 Å². The van der Waals surface area contributed by atoms with Crippen molar-refractivity contribution >= 4 is 11.8 Å². The number of hydrogen-bond donors (Lipinski definition) is 0. The number of hydrogen-bond acceptors (Lipinski definition) is 1. The van der Waals surface area contributed by atoms with E-state index in [0.29, 0.717) is 0 Å². The Morgan fingerprint density at radius 1 is 2.00 bits per heavy atom. The topological polar surface area (TPSA) is 0 Å². The van der Waals surface area contributed by atoms with Gasteiger partial charge in [0.2, 0.25) is 0 Å². The van der Waals surface area contributed by atoms with Crippen LogP contribution in [0.1, 0.15) is 6.42 Å². The number of terminal acetylenes is 1. The zero-order valence-electron chi connectivity index (χ0n) is 3.77. The third-order valence-corrected chi connectivity index (χ3v) is 0.868. The Hall–Kier alpha value is -0.0900. The van der Waals surface area contributed by atoms with Gasteiger partial charge in [-0.15, -0.1) is 12.3 Å². The Balaban J connectivity index is 2.54. The summed E-state index contributed by atoms with van der Waals surface area (Å²) in [5.41, 5.74) is 0. The average molecular weight is 99.2 g/mol. The van der Waals surface area contributed by atoms with Gasteiger partial charge in [0, 0.05) is 12.2 Å². The molecule has 0 aromatic heterocycles. The molecule has 0 nitrogen and oxygen atoms in total.